The molecule has 4 rings (SSSR count). The Morgan fingerprint density at radius 3 is 2.36 bits per heavy atom. The summed E-state index contributed by atoms with van der Waals surface area (Å²) in [6.45, 7) is 6.82. The number of ether oxygens (including phenoxy) is 2. The second kappa shape index (κ2) is 8.57. The first-order chi connectivity index (χ1) is 13.6. The van der Waals surface area contributed by atoms with Crippen molar-refractivity contribution in [2.45, 2.75) is 32.7 Å². The van der Waals surface area contributed by atoms with Crippen molar-refractivity contribution in [3.63, 3.8) is 0 Å². The summed E-state index contributed by atoms with van der Waals surface area (Å²) in [5.41, 5.74) is 2.15. The number of hydrogen-bond donors (Lipinski definition) is 1. The Morgan fingerprint density at radius 2 is 1.75 bits per heavy atom. The van der Waals surface area contributed by atoms with Crippen LogP contribution in [0.2, 0.25) is 0 Å². The summed E-state index contributed by atoms with van der Waals surface area (Å²) in [4.78, 5) is 24.4. The van der Waals surface area contributed by atoms with Crippen LogP contribution in [0.4, 0.5) is 0 Å². The first kappa shape index (κ1) is 20.1. The van der Waals surface area contributed by atoms with Crippen molar-refractivity contribution in [1.29, 1.82) is 0 Å². The summed E-state index contributed by atoms with van der Waals surface area (Å²) in [5.74, 6) is 0.204. The molecule has 0 amide bonds. The van der Waals surface area contributed by atoms with Crippen molar-refractivity contribution >= 4 is 16.7 Å². The minimum atomic E-state index is -0.338. The number of esters is 1. The molecule has 1 N–H and O–H groups in total. The zero-order valence-corrected chi connectivity index (χ0v) is 16.8. The fourth-order valence-corrected chi connectivity index (χ4v) is 3.87. The van der Waals surface area contributed by atoms with Crippen molar-refractivity contribution in [3.8, 4) is 5.75 Å². The number of rotatable bonds is 5. The third-order valence-electron chi connectivity index (χ3n) is 5.28. The lowest BCUT2D eigenvalue weighted by molar-refractivity contribution is -0.148. The van der Waals surface area contributed by atoms with Crippen LogP contribution >= 0.6 is 0 Å². The van der Waals surface area contributed by atoms with Gasteiger partial charge in [-0.05, 0) is 36.2 Å². The van der Waals surface area contributed by atoms with Gasteiger partial charge in [0.2, 0.25) is 0 Å². The third-order valence-corrected chi connectivity index (χ3v) is 5.28. The van der Waals surface area contributed by atoms with E-state index in [4.69, 9.17) is 9.47 Å². The molecule has 5 nitrogen and oxygen atoms in total. The van der Waals surface area contributed by atoms with E-state index >= 15 is 0 Å². The van der Waals surface area contributed by atoms with Gasteiger partial charge in [-0.25, -0.2) is 0 Å². The molecule has 1 aliphatic rings. The van der Waals surface area contributed by atoms with Crippen LogP contribution in [0.5, 0.6) is 5.75 Å². The van der Waals surface area contributed by atoms with Gasteiger partial charge >= 0.3 is 5.97 Å². The topological polar surface area (TPSA) is 64.6 Å². The smallest absolute Gasteiger partial charge is 0.311 e. The molecule has 3 aromatic carbocycles. The molecule has 1 aliphatic heterocycles. The van der Waals surface area contributed by atoms with E-state index in [-0.39, 0.29) is 29.3 Å². The molecule has 0 aliphatic carbocycles. The molecular formula is C23H27NO4. The summed E-state index contributed by atoms with van der Waals surface area (Å²) in [5, 5.41) is 5.04. The number of methoxy groups -OCH3 is 1. The van der Waals surface area contributed by atoms with E-state index in [0.29, 0.717) is 13.2 Å². The van der Waals surface area contributed by atoms with Crippen LogP contribution in [0.1, 0.15) is 43.9 Å². The zero-order chi connectivity index (χ0) is 20.3. The van der Waals surface area contributed by atoms with Crippen LogP contribution in [0, 0.1) is 5.92 Å². The van der Waals surface area contributed by atoms with Gasteiger partial charge < -0.3 is 14.8 Å². The predicted molar refractivity (Wildman–Crippen MR) is 111 cm³/mol. The molecule has 3 atom stereocenters. The van der Waals surface area contributed by atoms with Gasteiger partial charge in [-0.15, -0.1) is 0 Å². The van der Waals surface area contributed by atoms with E-state index in [1.807, 2.05) is 63.2 Å². The van der Waals surface area contributed by atoms with Crippen LogP contribution < -0.4 is 15.5 Å². The van der Waals surface area contributed by atoms with E-state index in [1.54, 1.807) is 7.11 Å². The second-order valence-electron chi connectivity index (χ2n) is 6.68. The highest BCUT2D eigenvalue weighted by atomic mass is 16.5. The van der Waals surface area contributed by atoms with Crippen LogP contribution in [0.15, 0.2) is 47.3 Å². The lowest BCUT2D eigenvalue weighted by atomic mass is 9.83. The highest BCUT2D eigenvalue weighted by Crippen LogP contribution is 2.41. The molecule has 0 aromatic heterocycles. The standard InChI is InChI=1S/C21H21NO4.C2H6/c1-3-26-21(24)18-17(13-6-9-15-16(10-13)20(15)23)11-22-19(18)12-4-7-14(25-2)8-5-12;1-2/h4-10,17-19,22H,3,11H2,1-2H3;1-2H3. The molecule has 0 radical (unpaired) electrons. The lowest BCUT2D eigenvalue weighted by Gasteiger charge is -2.23. The fraction of sp³-hybridized carbons (Fsp3) is 0.391. The highest BCUT2D eigenvalue weighted by molar-refractivity contribution is 5.97. The quantitative estimate of drug-likeness (QED) is 0.683. The molecule has 3 unspecified atom stereocenters. The summed E-state index contributed by atoms with van der Waals surface area (Å²) in [6.07, 6.45) is 0. The molecule has 0 bridgehead atoms. The molecular weight excluding hydrogens is 354 g/mol. The molecule has 1 heterocycles. The average molecular weight is 381 g/mol. The van der Waals surface area contributed by atoms with Gasteiger partial charge in [0.15, 0.2) is 5.43 Å². The third kappa shape index (κ3) is 3.67. The van der Waals surface area contributed by atoms with Crippen molar-refractivity contribution in [3.05, 3.63) is 63.8 Å². The lowest BCUT2D eigenvalue weighted by Crippen LogP contribution is -2.27. The van der Waals surface area contributed by atoms with Gasteiger partial charge in [-0.3, -0.25) is 9.59 Å². The summed E-state index contributed by atoms with van der Waals surface area (Å²) in [7, 11) is 1.63. The van der Waals surface area contributed by atoms with Gasteiger partial charge in [0.1, 0.15) is 5.75 Å². The maximum absolute atomic E-state index is 12.7. The molecule has 0 saturated carbocycles. The zero-order valence-electron chi connectivity index (χ0n) is 16.8. The van der Waals surface area contributed by atoms with Crippen molar-refractivity contribution in [2.75, 3.05) is 20.3 Å². The van der Waals surface area contributed by atoms with Crippen molar-refractivity contribution in [2.24, 2.45) is 5.92 Å². The monoisotopic (exact) mass is 381 g/mol. The number of fused-ring (bicyclic) bond motifs is 1. The van der Waals surface area contributed by atoms with E-state index in [2.05, 4.69) is 5.32 Å². The van der Waals surface area contributed by atoms with Crippen molar-refractivity contribution in [1.82, 2.24) is 5.32 Å². The van der Waals surface area contributed by atoms with Gasteiger partial charge in [0.25, 0.3) is 0 Å². The van der Waals surface area contributed by atoms with Gasteiger partial charge in [-0.1, -0.05) is 38.1 Å². The molecule has 3 aromatic rings. The normalized spacial score (nSPS) is 21.4. The molecule has 5 heteroatoms. The molecule has 1 saturated heterocycles. The maximum Gasteiger partial charge on any atom is 0.311 e. The van der Waals surface area contributed by atoms with Gasteiger partial charge in [0, 0.05) is 29.3 Å². The van der Waals surface area contributed by atoms with E-state index in [0.717, 1.165) is 27.6 Å². The highest BCUT2D eigenvalue weighted by Gasteiger charge is 2.43. The maximum atomic E-state index is 12.7. The number of carbonyl (C=O) groups excluding carboxylic acids is 1. The summed E-state index contributed by atoms with van der Waals surface area (Å²) >= 11 is 0. The molecule has 0 spiro atoms. The molecule has 148 valence electrons. The Balaban J connectivity index is 0.00000109. The summed E-state index contributed by atoms with van der Waals surface area (Å²) < 4.78 is 10.6. The number of benzene rings is 2. The Bertz CT molecular complexity index is 953. The first-order valence-electron chi connectivity index (χ1n) is 9.86. The molecule has 28 heavy (non-hydrogen) atoms. The second-order valence-corrected chi connectivity index (χ2v) is 6.68. The predicted octanol–water partition coefficient (Wildman–Crippen LogP) is 3.72. The van der Waals surface area contributed by atoms with E-state index in [1.165, 1.54) is 0 Å². The van der Waals surface area contributed by atoms with E-state index in [9.17, 15) is 9.59 Å². The van der Waals surface area contributed by atoms with Crippen LogP contribution in [0.25, 0.3) is 10.8 Å². The van der Waals surface area contributed by atoms with Crippen LogP contribution in [0.3, 0.4) is 0 Å². The SMILES string of the molecule is CC.CCOC(=O)C1C(c2ccc3c(=O)c3c2)CNC1c1ccc(OC)cc1. The Labute approximate surface area is 165 Å². The van der Waals surface area contributed by atoms with Crippen LogP contribution in [-0.4, -0.2) is 26.2 Å². The minimum Gasteiger partial charge on any atom is -0.497 e. The largest absolute Gasteiger partial charge is 0.497 e. The number of nitrogens with one attached hydrogen (secondary N) is 1. The average Bonchev–Trinajstić information content (AvgIpc) is 3.18. The Kier molecular flexibility index (Phi) is 6.15. The summed E-state index contributed by atoms with van der Waals surface area (Å²) in [6, 6.07) is 13.3. The van der Waals surface area contributed by atoms with Crippen LogP contribution in [-0.2, 0) is 9.53 Å². The fourth-order valence-electron chi connectivity index (χ4n) is 3.87. The number of hydrogen-bond acceptors (Lipinski definition) is 5. The minimum absolute atomic E-state index is 0.0279. The Hall–Kier alpha value is -2.66. The Morgan fingerprint density at radius 1 is 1.07 bits per heavy atom. The van der Waals surface area contributed by atoms with Gasteiger partial charge in [0.05, 0.1) is 19.6 Å². The van der Waals surface area contributed by atoms with E-state index < -0.39 is 0 Å². The van der Waals surface area contributed by atoms with Crippen molar-refractivity contribution < 1.29 is 14.3 Å². The number of carbonyl (C=O) groups is 1. The molecule has 1 fully saturated rings. The van der Waals surface area contributed by atoms with Gasteiger partial charge in [-0.2, -0.15) is 0 Å². The first-order valence-corrected chi connectivity index (χ1v) is 9.86.